The summed E-state index contributed by atoms with van der Waals surface area (Å²) in [5, 5.41) is 10.4. The maximum absolute atomic E-state index is 12.4. The summed E-state index contributed by atoms with van der Waals surface area (Å²) >= 11 is 1.38. The third kappa shape index (κ3) is 2.50. The molecule has 0 atom stereocenters. The van der Waals surface area contributed by atoms with Crippen LogP contribution in [0.15, 0.2) is 29.1 Å². The molecule has 0 aliphatic heterocycles. The van der Waals surface area contributed by atoms with E-state index in [1.54, 1.807) is 10.0 Å². The molecule has 1 aromatic carbocycles. The lowest BCUT2D eigenvalue weighted by Gasteiger charge is -2.35. The van der Waals surface area contributed by atoms with Crippen LogP contribution in [0.25, 0.3) is 10.1 Å². The Bertz CT molecular complexity index is 722. The maximum atomic E-state index is 12.4. The Morgan fingerprint density at radius 1 is 1.38 bits per heavy atom. The second-order valence-corrected chi connectivity index (χ2v) is 7.26. The predicted molar refractivity (Wildman–Crippen MR) is 83.8 cm³/mol. The SMILES string of the molecule is CC1CCC(Cn2sc3ccccc3c2=O)(C(=O)O)CC1. The van der Waals surface area contributed by atoms with E-state index in [1.165, 1.54) is 11.5 Å². The number of carboxylic acids is 1. The lowest BCUT2D eigenvalue weighted by Crippen LogP contribution is -2.40. The summed E-state index contributed by atoms with van der Waals surface area (Å²) < 4.78 is 2.56. The highest BCUT2D eigenvalue weighted by atomic mass is 32.1. The van der Waals surface area contributed by atoms with Gasteiger partial charge in [0.2, 0.25) is 0 Å². The van der Waals surface area contributed by atoms with Crippen LogP contribution in [0.1, 0.15) is 32.6 Å². The highest BCUT2D eigenvalue weighted by Gasteiger charge is 2.42. The third-order valence-electron chi connectivity index (χ3n) is 4.68. The van der Waals surface area contributed by atoms with Gasteiger partial charge in [-0.1, -0.05) is 30.6 Å². The Labute approximate surface area is 127 Å². The molecule has 3 rings (SSSR count). The van der Waals surface area contributed by atoms with Gasteiger partial charge in [-0.3, -0.25) is 13.5 Å². The van der Waals surface area contributed by atoms with Crippen molar-refractivity contribution < 1.29 is 9.90 Å². The third-order valence-corrected chi connectivity index (χ3v) is 5.75. The van der Waals surface area contributed by atoms with E-state index in [0.29, 0.717) is 30.7 Å². The number of hydrogen-bond donors (Lipinski definition) is 1. The van der Waals surface area contributed by atoms with Crippen LogP contribution >= 0.6 is 11.5 Å². The Morgan fingerprint density at radius 3 is 2.67 bits per heavy atom. The Kier molecular flexibility index (Phi) is 3.61. The number of fused-ring (bicyclic) bond motifs is 1. The van der Waals surface area contributed by atoms with Crippen molar-refractivity contribution in [1.29, 1.82) is 0 Å². The molecule has 21 heavy (non-hydrogen) atoms. The van der Waals surface area contributed by atoms with Crippen molar-refractivity contribution in [3.63, 3.8) is 0 Å². The minimum Gasteiger partial charge on any atom is -0.481 e. The van der Waals surface area contributed by atoms with E-state index in [1.807, 2.05) is 18.2 Å². The van der Waals surface area contributed by atoms with Crippen LogP contribution < -0.4 is 5.56 Å². The van der Waals surface area contributed by atoms with E-state index >= 15 is 0 Å². The molecule has 1 N–H and O–H groups in total. The maximum Gasteiger partial charge on any atom is 0.311 e. The van der Waals surface area contributed by atoms with Crippen molar-refractivity contribution in [3.05, 3.63) is 34.6 Å². The van der Waals surface area contributed by atoms with E-state index < -0.39 is 11.4 Å². The number of hydrogen-bond acceptors (Lipinski definition) is 3. The van der Waals surface area contributed by atoms with Gasteiger partial charge in [0.25, 0.3) is 5.56 Å². The molecule has 4 nitrogen and oxygen atoms in total. The highest BCUT2D eigenvalue weighted by Crippen LogP contribution is 2.40. The fraction of sp³-hybridized carbons (Fsp3) is 0.500. The zero-order valence-electron chi connectivity index (χ0n) is 12.0. The molecule has 0 radical (unpaired) electrons. The molecular weight excluding hydrogens is 286 g/mol. The number of aromatic nitrogens is 1. The molecule has 1 aliphatic carbocycles. The Balaban J connectivity index is 1.97. The summed E-state index contributed by atoms with van der Waals surface area (Å²) in [7, 11) is 0. The smallest absolute Gasteiger partial charge is 0.311 e. The molecule has 112 valence electrons. The minimum absolute atomic E-state index is 0.0603. The van der Waals surface area contributed by atoms with Crippen LogP contribution in [-0.4, -0.2) is 15.0 Å². The van der Waals surface area contributed by atoms with Crippen molar-refractivity contribution in [2.75, 3.05) is 0 Å². The fourth-order valence-electron chi connectivity index (χ4n) is 3.15. The normalized spacial score (nSPS) is 26.0. The molecule has 1 heterocycles. The van der Waals surface area contributed by atoms with Crippen molar-refractivity contribution in [2.24, 2.45) is 11.3 Å². The highest BCUT2D eigenvalue weighted by molar-refractivity contribution is 7.13. The standard InChI is InChI=1S/C16H19NO3S/c1-11-6-8-16(9-7-11,15(19)20)10-17-14(18)12-4-2-3-5-13(12)21-17/h2-5,11H,6-10H2,1H3,(H,19,20). The Hall–Kier alpha value is -1.62. The van der Waals surface area contributed by atoms with Gasteiger partial charge in [0.05, 0.1) is 22.0 Å². The molecule has 0 amide bonds. The average Bonchev–Trinajstić information content (AvgIpc) is 2.78. The topological polar surface area (TPSA) is 59.3 Å². The minimum atomic E-state index is -0.781. The fourth-order valence-corrected chi connectivity index (χ4v) is 4.27. The number of benzene rings is 1. The van der Waals surface area contributed by atoms with Crippen LogP contribution in [0, 0.1) is 11.3 Å². The number of nitrogens with zero attached hydrogens (tertiary/aromatic N) is 1. The zero-order chi connectivity index (χ0) is 15.0. The van der Waals surface area contributed by atoms with Gasteiger partial charge in [-0.15, -0.1) is 0 Å². The van der Waals surface area contributed by atoms with Gasteiger partial charge in [0.15, 0.2) is 0 Å². The molecule has 2 aromatic rings. The Morgan fingerprint density at radius 2 is 2.05 bits per heavy atom. The van der Waals surface area contributed by atoms with E-state index in [2.05, 4.69) is 6.92 Å². The zero-order valence-corrected chi connectivity index (χ0v) is 12.9. The summed E-state index contributed by atoms with van der Waals surface area (Å²) in [4.78, 5) is 24.2. The van der Waals surface area contributed by atoms with Crippen LogP contribution in [-0.2, 0) is 11.3 Å². The van der Waals surface area contributed by atoms with Gasteiger partial charge < -0.3 is 5.11 Å². The van der Waals surface area contributed by atoms with Crippen LogP contribution in [0.5, 0.6) is 0 Å². The molecule has 1 fully saturated rings. The number of rotatable bonds is 3. The molecule has 0 bridgehead atoms. The van der Waals surface area contributed by atoms with Gasteiger partial charge in [-0.05, 0) is 43.7 Å². The van der Waals surface area contributed by atoms with E-state index in [9.17, 15) is 14.7 Å². The summed E-state index contributed by atoms with van der Waals surface area (Å²) in [5.74, 6) is -0.185. The summed E-state index contributed by atoms with van der Waals surface area (Å²) in [5.41, 5.74) is -0.841. The lowest BCUT2D eigenvalue weighted by atomic mass is 9.71. The van der Waals surface area contributed by atoms with Gasteiger partial charge in [0.1, 0.15) is 0 Å². The molecule has 0 saturated heterocycles. The summed E-state index contributed by atoms with van der Waals surface area (Å²) in [6.07, 6.45) is 3.16. The quantitative estimate of drug-likeness (QED) is 0.946. The summed E-state index contributed by atoms with van der Waals surface area (Å²) in [6, 6.07) is 7.46. The molecule has 0 spiro atoms. The molecule has 1 aliphatic rings. The molecule has 1 aromatic heterocycles. The van der Waals surface area contributed by atoms with Crippen molar-refractivity contribution in [2.45, 2.75) is 39.2 Å². The molecular formula is C16H19NO3S. The first-order valence-electron chi connectivity index (χ1n) is 7.34. The van der Waals surface area contributed by atoms with E-state index in [0.717, 1.165) is 17.5 Å². The lowest BCUT2D eigenvalue weighted by molar-refractivity contribution is -0.152. The molecule has 5 heteroatoms. The van der Waals surface area contributed by atoms with Crippen molar-refractivity contribution >= 4 is 27.6 Å². The van der Waals surface area contributed by atoms with Crippen molar-refractivity contribution in [3.8, 4) is 0 Å². The van der Waals surface area contributed by atoms with Gasteiger partial charge in [-0.2, -0.15) is 0 Å². The molecule has 1 saturated carbocycles. The van der Waals surface area contributed by atoms with E-state index in [-0.39, 0.29) is 5.56 Å². The predicted octanol–water partition coefficient (Wildman–Crippen LogP) is 3.34. The van der Waals surface area contributed by atoms with Crippen LogP contribution in [0.2, 0.25) is 0 Å². The first-order valence-corrected chi connectivity index (χ1v) is 8.11. The average molecular weight is 305 g/mol. The first kappa shape index (κ1) is 14.3. The largest absolute Gasteiger partial charge is 0.481 e. The van der Waals surface area contributed by atoms with Crippen molar-refractivity contribution in [1.82, 2.24) is 3.96 Å². The second kappa shape index (κ2) is 5.30. The van der Waals surface area contributed by atoms with Gasteiger partial charge in [-0.25, -0.2) is 0 Å². The monoisotopic (exact) mass is 305 g/mol. The molecule has 0 unspecified atom stereocenters. The van der Waals surface area contributed by atoms with Gasteiger partial charge >= 0.3 is 5.97 Å². The number of carboxylic acid groups (broad SMARTS) is 1. The van der Waals surface area contributed by atoms with Gasteiger partial charge in [0, 0.05) is 0 Å². The van der Waals surface area contributed by atoms with Crippen LogP contribution in [0.3, 0.4) is 0 Å². The second-order valence-electron chi connectivity index (χ2n) is 6.20. The number of carbonyl (C=O) groups is 1. The summed E-state index contributed by atoms with van der Waals surface area (Å²) in [6.45, 7) is 2.46. The number of aliphatic carboxylic acids is 1. The van der Waals surface area contributed by atoms with E-state index in [4.69, 9.17) is 0 Å². The first-order chi connectivity index (χ1) is 10.0. The van der Waals surface area contributed by atoms with Crippen LogP contribution in [0.4, 0.5) is 0 Å².